The van der Waals surface area contributed by atoms with Gasteiger partial charge in [0.1, 0.15) is 0 Å². The van der Waals surface area contributed by atoms with Crippen LogP contribution in [0.2, 0.25) is 0 Å². The molecule has 9 heteroatoms. The number of aryl methyl sites for hydroxylation is 1. The lowest BCUT2D eigenvalue weighted by molar-refractivity contribution is -0.387. The minimum absolute atomic E-state index is 0.0437. The van der Waals surface area contributed by atoms with Crippen LogP contribution in [-0.2, 0) is 6.42 Å². The van der Waals surface area contributed by atoms with Crippen molar-refractivity contribution in [2.45, 2.75) is 29.8 Å². The van der Waals surface area contributed by atoms with Gasteiger partial charge in [0, 0.05) is 23.4 Å². The Labute approximate surface area is 135 Å². The predicted molar refractivity (Wildman–Crippen MR) is 84.6 cm³/mol. The van der Waals surface area contributed by atoms with Gasteiger partial charge in [-0.3, -0.25) is 19.7 Å². The van der Waals surface area contributed by atoms with Gasteiger partial charge in [-0.05, 0) is 30.3 Å². The van der Waals surface area contributed by atoms with Crippen LogP contribution in [0.4, 0.5) is 5.69 Å². The summed E-state index contributed by atoms with van der Waals surface area (Å²) in [6, 6.07) is 5.32. The molecule has 0 aliphatic carbocycles. The number of primary amides is 1. The molecule has 0 spiro atoms. The van der Waals surface area contributed by atoms with Crippen molar-refractivity contribution >= 4 is 23.4 Å². The van der Waals surface area contributed by atoms with Crippen LogP contribution in [0.15, 0.2) is 39.1 Å². The number of amides is 1. The molecule has 1 aromatic carbocycles. The maximum atomic E-state index is 11.6. The number of nitro benzene ring substituents is 1. The van der Waals surface area contributed by atoms with Gasteiger partial charge >= 0.3 is 0 Å². The number of nitrogens with two attached hydrogens (primary N) is 1. The normalized spacial score (nSPS) is 10.5. The lowest BCUT2D eigenvalue weighted by Crippen LogP contribution is -2.11. The van der Waals surface area contributed by atoms with E-state index in [1.54, 1.807) is 0 Å². The Morgan fingerprint density at radius 1 is 1.43 bits per heavy atom. The molecule has 0 saturated heterocycles. The Balaban J connectivity index is 2.41. The Hall–Kier alpha value is -2.68. The minimum Gasteiger partial charge on any atom is -0.366 e. The van der Waals surface area contributed by atoms with Crippen LogP contribution >= 0.6 is 11.8 Å². The van der Waals surface area contributed by atoms with Gasteiger partial charge in [0.05, 0.1) is 9.82 Å². The molecule has 2 rings (SSSR count). The summed E-state index contributed by atoms with van der Waals surface area (Å²) in [5, 5.41) is 11.4. The zero-order valence-electron chi connectivity index (χ0n) is 12.2. The Morgan fingerprint density at radius 3 is 2.78 bits per heavy atom. The summed E-state index contributed by atoms with van der Waals surface area (Å²) < 4.78 is 0. The topological polar surface area (TPSA) is 132 Å². The van der Waals surface area contributed by atoms with Gasteiger partial charge in [-0.25, -0.2) is 4.98 Å². The molecule has 0 aliphatic rings. The van der Waals surface area contributed by atoms with Crippen LogP contribution in [-0.4, -0.2) is 20.8 Å². The van der Waals surface area contributed by atoms with Crippen molar-refractivity contribution in [3.05, 3.63) is 56.0 Å². The minimum atomic E-state index is -0.749. The first-order valence-electron chi connectivity index (χ1n) is 6.77. The van der Waals surface area contributed by atoms with Crippen LogP contribution in [0.1, 0.15) is 29.4 Å². The van der Waals surface area contributed by atoms with E-state index >= 15 is 0 Å². The van der Waals surface area contributed by atoms with E-state index in [-0.39, 0.29) is 26.9 Å². The number of carbonyl (C=O) groups is 1. The SMILES string of the molecule is CCCc1cc(=O)[nH]c(Sc2ccc(C(N)=O)cc2[N+](=O)[O-])n1. The van der Waals surface area contributed by atoms with E-state index in [1.165, 1.54) is 18.2 Å². The maximum Gasteiger partial charge on any atom is 0.284 e. The summed E-state index contributed by atoms with van der Waals surface area (Å²) in [5.74, 6) is -0.749. The molecule has 0 aliphatic heterocycles. The Morgan fingerprint density at radius 2 is 2.17 bits per heavy atom. The molecule has 0 atom stereocenters. The fourth-order valence-electron chi connectivity index (χ4n) is 1.92. The number of nitrogens with zero attached hydrogens (tertiary/aromatic N) is 2. The number of hydrogen-bond donors (Lipinski definition) is 2. The van der Waals surface area contributed by atoms with Gasteiger partial charge in [0.2, 0.25) is 5.91 Å². The van der Waals surface area contributed by atoms with Gasteiger partial charge in [0.15, 0.2) is 5.16 Å². The van der Waals surface area contributed by atoms with Crippen molar-refractivity contribution in [3.8, 4) is 0 Å². The van der Waals surface area contributed by atoms with Crippen molar-refractivity contribution in [2.75, 3.05) is 0 Å². The molecule has 0 bridgehead atoms. The molecule has 120 valence electrons. The average molecular weight is 334 g/mol. The predicted octanol–water partition coefficient (Wildman–Crippen LogP) is 1.88. The van der Waals surface area contributed by atoms with E-state index in [9.17, 15) is 19.7 Å². The maximum absolute atomic E-state index is 11.6. The first-order valence-corrected chi connectivity index (χ1v) is 7.58. The van der Waals surface area contributed by atoms with Gasteiger partial charge in [0.25, 0.3) is 11.2 Å². The zero-order chi connectivity index (χ0) is 17.0. The number of nitrogens with one attached hydrogen (secondary N) is 1. The second-order valence-corrected chi connectivity index (χ2v) is 5.73. The third kappa shape index (κ3) is 4.16. The lowest BCUT2D eigenvalue weighted by Gasteiger charge is -2.05. The fraction of sp³-hybridized carbons (Fsp3) is 0.214. The van der Waals surface area contributed by atoms with E-state index in [2.05, 4.69) is 9.97 Å². The molecular weight excluding hydrogens is 320 g/mol. The van der Waals surface area contributed by atoms with E-state index in [0.29, 0.717) is 12.1 Å². The van der Waals surface area contributed by atoms with Crippen molar-refractivity contribution in [1.82, 2.24) is 9.97 Å². The Kier molecular flexibility index (Phi) is 5.12. The molecule has 1 heterocycles. The molecule has 0 fully saturated rings. The number of benzene rings is 1. The smallest absolute Gasteiger partial charge is 0.284 e. The van der Waals surface area contributed by atoms with E-state index in [4.69, 9.17) is 5.73 Å². The van der Waals surface area contributed by atoms with Gasteiger partial charge in [-0.15, -0.1) is 0 Å². The molecule has 2 aromatic rings. The van der Waals surface area contributed by atoms with Crippen molar-refractivity contribution in [3.63, 3.8) is 0 Å². The Bertz CT molecular complexity index is 819. The van der Waals surface area contributed by atoms with E-state index < -0.39 is 10.8 Å². The lowest BCUT2D eigenvalue weighted by atomic mass is 10.2. The first kappa shape index (κ1) is 16.7. The number of nitro groups is 1. The number of rotatable bonds is 6. The first-order chi connectivity index (χ1) is 10.9. The summed E-state index contributed by atoms with van der Waals surface area (Å²) in [7, 11) is 0. The number of aromatic amines is 1. The number of H-pyrrole nitrogens is 1. The summed E-state index contributed by atoms with van der Waals surface area (Å²) in [6.07, 6.45) is 1.47. The van der Waals surface area contributed by atoms with Crippen LogP contribution in [0.3, 0.4) is 0 Å². The van der Waals surface area contributed by atoms with Gasteiger partial charge < -0.3 is 10.7 Å². The van der Waals surface area contributed by atoms with E-state index in [0.717, 1.165) is 24.2 Å². The standard InChI is InChI=1S/C14H14N4O4S/c1-2-3-9-7-12(19)17-14(16-9)23-11-5-4-8(13(15)20)6-10(11)18(21)22/h4-7H,2-3H2,1H3,(H2,15,20)(H,16,17,19). The van der Waals surface area contributed by atoms with Gasteiger partial charge in [-0.2, -0.15) is 0 Å². The fourth-order valence-corrected chi connectivity index (χ4v) is 2.82. The quantitative estimate of drug-likeness (QED) is 0.471. The van der Waals surface area contributed by atoms with Crippen LogP contribution in [0, 0.1) is 10.1 Å². The number of aromatic nitrogens is 2. The molecule has 0 unspecified atom stereocenters. The van der Waals surface area contributed by atoms with Crippen LogP contribution in [0.25, 0.3) is 0 Å². The van der Waals surface area contributed by atoms with Gasteiger partial charge in [-0.1, -0.05) is 13.3 Å². The molecule has 1 aromatic heterocycles. The van der Waals surface area contributed by atoms with Crippen molar-refractivity contribution in [2.24, 2.45) is 5.73 Å². The summed E-state index contributed by atoms with van der Waals surface area (Å²) in [5.41, 5.74) is 5.21. The highest BCUT2D eigenvalue weighted by molar-refractivity contribution is 7.99. The van der Waals surface area contributed by atoms with Crippen LogP contribution < -0.4 is 11.3 Å². The monoisotopic (exact) mass is 334 g/mol. The molecule has 3 N–H and O–H groups in total. The molecule has 1 amide bonds. The number of carbonyl (C=O) groups excluding carboxylic acids is 1. The highest BCUT2D eigenvalue weighted by atomic mass is 32.2. The summed E-state index contributed by atoms with van der Waals surface area (Å²) in [4.78, 5) is 40.4. The van der Waals surface area contributed by atoms with Crippen molar-refractivity contribution < 1.29 is 9.72 Å². The highest BCUT2D eigenvalue weighted by Gasteiger charge is 2.18. The largest absolute Gasteiger partial charge is 0.366 e. The summed E-state index contributed by atoms with van der Waals surface area (Å²) >= 11 is 0.957. The van der Waals surface area contributed by atoms with Crippen LogP contribution in [0.5, 0.6) is 0 Å². The second kappa shape index (κ2) is 7.05. The van der Waals surface area contributed by atoms with E-state index in [1.807, 2.05) is 6.92 Å². The molecule has 23 heavy (non-hydrogen) atoms. The molecular formula is C14H14N4O4S. The number of hydrogen-bond acceptors (Lipinski definition) is 6. The second-order valence-electron chi connectivity index (χ2n) is 4.70. The highest BCUT2D eigenvalue weighted by Crippen LogP contribution is 2.33. The third-order valence-electron chi connectivity index (χ3n) is 2.93. The third-order valence-corrected chi connectivity index (χ3v) is 3.88. The average Bonchev–Trinajstić information content (AvgIpc) is 2.46. The summed E-state index contributed by atoms with van der Waals surface area (Å²) in [6.45, 7) is 1.96. The van der Waals surface area contributed by atoms with Crippen molar-refractivity contribution in [1.29, 1.82) is 0 Å². The zero-order valence-corrected chi connectivity index (χ0v) is 13.1. The molecule has 0 saturated carbocycles. The molecule has 0 radical (unpaired) electrons. The molecule has 8 nitrogen and oxygen atoms in total.